The van der Waals surface area contributed by atoms with Crippen LogP contribution < -0.4 is 0 Å². The Morgan fingerprint density at radius 3 is 0.625 bits per heavy atom. The van der Waals surface area contributed by atoms with Gasteiger partial charge in [-0.15, -0.1) is 0 Å². The molecule has 0 aromatic carbocycles. The van der Waals surface area contributed by atoms with Crippen LogP contribution in [0.4, 0.5) is 0 Å². The Balaban J connectivity index is 0.000000490. The molecule has 0 N–H and O–H groups in total. The van der Waals surface area contributed by atoms with Gasteiger partial charge in [0.05, 0.1) is 0 Å². The Hall–Kier alpha value is 0. The fourth-order valence-electron chi connectivity index (χ4n) is 1.24. The fraction of sp³-hybridized carbons (Fsp3) is 0.875. The minimum Gasteiger partial charge on any atom is -0.0533 e. The van der Waals surface area contributed by atoms with E-state index in [1.54, 1.807) is 0 Å². The lowest BCUT2D eigenvalue weighted by atomic mass is 10.2. The molecule has 0 aromatic rings. The van der Waals surface area contributed by atoms with Gasteiger partial charge in [0.25, 0.3) is 0 Å². The van der Waals surface area contributed by atoms with Gasteiger partial charge in [-0.3, -0.25) is 0 Å². The van der Waals surface area contributed by atoms with Gasteiger partial charge >= 0.3 is 0 Å². The van der Waals surface area contributed by atoms with E-state index in [-0.39, 0.29) is 7.43 Å². The Bertz CT molecular complexity index is 19.7. The van der Waals surface area contributed by atoms with Gasteiger partial charge in [-0.25, -0.2) is 0 Å². The van der Waals surface area contributed by atoms with E-state index < -0.39 is 0 Å². The molecule has 0 aromatic heterocycles. The standard InChI is InChI=1S/C7H14.C/c1-2-4-6-7-5-3-1;/h1-7H2;. The Kier molecular flexibility index (Phi) is 5.14. The van der Waals surface area contributed by atoms with Crippen LogP contribution in [0, 0.1) is 7.43 Å². The third-order valence-corrected chi connectivity index (χ3v) is 1.75. The molecule has 1 rings (SSSR count). The Morgan fingerprint density at radius 1 is 0.375 bits per heavy atom. The average Bonchev–Trinajstić information content (AvgIpc) is 1.90. The fourth-order valence-corrected chi connectivity index (χ4v) is 1.24. The highest BCUT2D eigenvalue weighted by Gasteiger charge is 1.95. The number of rotatable bonds is 0. The highest BCUT2D eigenvalue weighted by atomic mass is 14.0. The molecule has 0 saturated heterocycles. The van der Waals surface area contributed by atoms with Gasteiger partial charge in [0.2, 0.25) is 0 Å². The zero-order chi connectivity index (χ0) is 4.95. The van der Waals surface area contributed by atoms with Crippen molar-refractivity contribution in [2.75, 3.05) is 0 Å². The Morgan fingerprint density at radius 2 is 0.500 bits per heavy atom. The van der Waals surface area contributed by atoms with E-state index in [9.17, 15) is 0 Å². The monoisotopic (exact) mass is 110 g/mol. The van der Waals surface area contributed by atoms with Crippen LogP contribution in [-0.4, -0.2) is 0 Å². The maximum absolute atomic E-state index is 1.50. The normalized spacial score (nSPS) is 21.0. The van der Waals surface area contributed by atoms with Gasteiger partial charge in [0.1, 0.15) is 0 Å². The summed E-state index contributed by atoms with van der Waals surface area (Å²) in [5.41, 5.74) is 0. The first kappa shape index (κ1) is 8.00. The third-order valence-electron chi connectivity index (χ3n) is 1.75. The minimum atomic E-state index is 0. The lowest BCUT2D eigenvalue weighted by Gasteiger charge is -1.85. The molecule has 0 nitrogen and oxygen atoms in total. The average molecular weight is 110 g/mol. The third kappa shape index (κ3) is 3.06. The van der Waals surface area contributed by atoms with Gasteiger partial charge < -0.3 is 0 Å². The van der Waals surface area contributed by atoms with Crippen LogP contribution in [0.3, 0.4) is 0 Å². The van der Waals surface area contributed by atoms with Gasteiger partial charge in [-0.05, 0) is 0 Å². The van der Waals surface area contributed by atoms with Crippen molar-refractivity contribution in [2.45, 2.75) is 44.9 Å². The van der Waals surface area contributed by atoms with Crippen LogP contribution >= 0.6 is 0 Å². The molecule has 0 unspecified atom stereocenters. The maximum atomic E-state index is 1.50. The summed E-state index contributed by atoms with van der Waals surface area (Å²) >= 11 is 0. The predicted octanol–water partition coefficient (Wildman–Crippen LogP) is 2.81. The van der Waals surface area contributed by atoms with Gasteiger partial charge in [0.15, 0.2) is 0 Å². The molecule has 0 bridgehead atoms. The molecule has 1 fully saturated rings. The first-order valence-electron chi connectivity index (χ1n) is 3.50. The highest BCUT2D eigenvalue weighted by molar-refractivity contribution is 4.51. The van der Waals surface area contributed by atoms with E-state index in [0.717, 1.165) is 0 Å². The lowest BCUT2D eigenvalue weighted by molar-refractivity contribution is 0.702. The summed E-state index contributed by atoms with van der Waals surface area (Å²) in [4.78, 5) is 0. The van der Waals surface area contributed by atoms with E-state index in [1.165, 1.54) is 44.9 Å². The molecule has 1 saturated carbocycles. The molecule has 1 aliphatic rings. The summed E-state index contributed by atoms with van der Waals surface area (Å²) in [6.07, 6.45) is 10.5. The second kappa shape index (κ2) is 5.14. The molecule has 0 heterocycles. The van der Waals surface area contributed by atoms with Crippen LogP contribution in [0.25, 0.3) is 0 Å². The summed E-state index contributed by atoms with van der Waals surface area (Å²) < 4.78 is 0. The summed E-state index contributed by atoms with van der Waals surface area (Å²) in [6, 6.07) is 0. The minimum absolute atomic E-state index is 0. The SMILES string of the molecule is C1CCCCCC1.[C]. The van der Waals surface area contributed by atoms with Crippen molar-refractivity contribution in [3.8, 4) is 0 Å². The molecule has 0 aliphatic heterocycles. The van der Waals surface area contributed by atoms with Crippen molar-refractivity contribution in [1.29, 1.82) is 0 Å². The molecular weight excluding hydrogens is 96.1 g/mol. The topological polar surface area (TPSA) is 0 Å². The van der Waals surface area contributed by atoms with E-state index >= 15 is 0 Å². The molecule has 8 heavy (non-hydrogen) atoms. The zero-order valence-corrected chi connectivity index (χ0v) is 5.45. The van der Waals surface area contributed by atoms with Crippen molar-refractivity contribution in [1.82, 2.24) is 0 Å². The molecule has 4 radical (unpaired) electrons. The highest BCUT2D eigenvalue weighted by Crippen LogP contribution is 2.15. The summed E-state index contributed by atoms with van der Waals surface area (Å²) in [6.45, 7) is 0. The summed E-state index contributed by atoms with van der Waals surface area (Å²) in [7, 11) is 0. The zero-order valence-electron chi connectivity index (χ0n) is 5.45. The predicted molar refractivity (Wildman–Crippen MR) is 35.6 cm³/mol. The van der Waals surface area contributed by atoms with Crippen LogP contribution in [0.15, 0.2) is 0 Å². The first-order valence-corrected chi connectivity index (χ1v) is 3.50. The van der Waals surface area contributed by atoms with Gasteiger partial charge in [-0.1, -0.05) is 44.9 Å². The summed E-state index contributed by atoms with van der Waals surface area (Å²) in [5.74, 6) is 0. The van der Waals surface area contributed by atoms with Gasteiger partial charge in [0, 0.05) is 7.43 Å². The first-order chi connectivity index (χ1) is 3.50. The van der Waals surface area contributed by atoms with E-state index in [1.807, 2.05) is 0 Å². The molecule has 0 heteroatoms. The van der Waals surface area contributed by atoms with Crippen LogP contribution in [-0.2, 0) is 0 Å². The van der Waals surface area contributed by atoms with Crippen molar-refractivity contribution >= 4 is 0 Å². The van der Waals surface area contributed by atoms with Crippen molar-refractivity contribution in [3.63, 3.8) is 0 Å². The Labute approximate surface area is 53.3 Å². The van der Waals surface area contributed by atoms with Crippen LogP contribution in [0.2, 0.25) is 0 Å². The second-order valence-corrected chi connectivity index (χ2v) is 2.47. The van der Waals surface area contributed by atoms with Crippen molar-refractivity contribution in [3.05, 3.63) is 7.43 Å². The number of hydrogen-bond acceptors (Lipinski definition) is 0. The molecule has 0 atom stereocenters. The van der Waals surface area contributed by atoms with Crippen molar-refractivity contribution < 1.29 is 0 Å². The van der Waals surface area contributed by atoms with Gasteiger partial charge in [-0.2, -0.15) is 0 Å². The molecule has 1 aliphatic carbocycles. The van der Waals surface area contributed by atoms with Crippen LogP contribution in [0.5, 0.6) is 0 Å². The number of hydrogen-bond donors (Lipinski definition) is 0. The smallest absolute Gasteiger partial charge is 0 e. The second-order valence-electron chi connectivity index (χ2n) is 2.47. The maximum Gasteiger partial charge on any atom is 0 e. The molecular formula is C8H14. The lowest BCUT2D eigenvalue weighted by Crippen LogP contribution is -1.66. The molecule has 46 valence electrons. The quantitative estimate of drug-likeness (QED) is 0.421. The molecule has 0 spiro atoms. The van der Waals surface area contributed by atoms with E-state index in [0.29, 0.717) is 0 Å². The largest absolute Gasteiger partial charge is 0.0533 e. The van der Waals surface area contributed by atoms with Crippen molar-refractivity contribution in [2.24, 2.45) is 0 Å². The van der Waals surface area contributed by atoms with E-state index in [4.69, 9.17) is 0 Å². The summed E-state index contributed by atoms with van der Waals surface area (Å²) in [5, 5.41) is 0. The van der Waals surface area contributed by atoms with Crippen LogP contribution in [0.1, 0.15) is 44.9 Å². The molecule has 0 amide bonds. The van der Waals surface area contributed by atoms with E-state index in [2.05, 4.69) is 0 Å².